The van der Waals surface area contributed by atoms with E-state index in [4.69, 9.17) is 42.2 Å². The summed E-state index contributed by atoms with van der Waals surface area (Å²) in [4.78, 5) is 67.8. The lowest BCUT2D eigenvalue weighted by Gasteiger charge is -2.36. The highest BCUT2D eigenvalue weighted by Crippen LogP contribution is 2.47. The van der Waals surface area contributed by atoms with Crippen molar-refractivity contribution in [3.8, 4) is 46.0 Å². The number of piperazine rings is 5. The van der Waals surface area contributed by atoms with Gasteiger partial charge in [-0.25, -0.2) is 34.5 Å². The lowest BCUT2D eigenvalue weighted by Crippen LogP contribution is -2.47. The first-order valence-electron chi connectivity index (χ1n) is 41.8. The predicted molar refractivity (Wildman–Crippen MR) is 474 cm³/mol. The van der Waals surface area contributed by atoms with E-state index in [0.29, 0.717) is 93.4 Å². The van der Waals surface area contributed by atoms with Gasteiger partial charge in [-0.1, -0.05) is 88.4 Å². The lowest BCUT2D eigenvalue weighted by molar-refractivity contribution is 0.202. The van der Waals surface area contributed by atoms with E-state index in [9.17, 15) is 30.0 Å². The van der Waals surface area contributed by atoms with Gasteiger partial charge in [0.05, 0.1) is 12.8 Å². The first-order chi connectivity index (χ1) is 57.7. The first kappa shape index (κ1) is 86.5. The van der Waals surface area contributed by atoms with Crippen molar-refractivity contribution >= 4 is 85.2 Å². The van der Waals surface area contributed by atoms with Crippen molar-refractivity contribution in [3.05, 3.63) is 165 Å². The molecule has 0 saturated carbocycles. The van der Waals surface area contributed by atoms with Crippen LogP contribution in [0.5, 0.6) is 46.0 Å². The number of aryl methyl sites for hydroxylation is 1. The molecule has 4 N–H and O–H groups in total. The number of likely N-dealkylation sites (N-methyl/N-ethyl adjacent to an activating group) is 3. The summed E-state index contributed by atoms with van der Waals surface area (Å²) < 4.78 is 45.8. The van der Waals surface area contributed by atoms with Crippen LogP contribution in [0.1, 0.15) is 72.2 Å². The van der Waals surface area contributed by atoms with Gasteiger partial charge in [-0.3, -0.25) is 9.80 Å². The Morgan fingerprint density at radius 3 is 1.23 bits per heavy atom. The molecule has 0 amide bonds. The van der Waals surface area contributed by atoms with E-state index in [1.165, 1.54) is 0 Å². The standard InChI is InChI=1S/C22H27N3O3.C21H25N3O3.C17H23N3O3.C16H21N3O3.C15H21N3O2/c1-16-22(27-15-17-7-5-4-6-8-17)23-21-19(26-3)13-18(14-20(21)28-16)25-11-9-24(2)10-12-25;1-15-21(26-14-16-6-4-3-5-7-16)22-20-18(25)12-17(13-19(20)27-15)24-10-8-23(2)9-11-24;1-11(2)10-19-4-6-20(7-5-19)13-8-14(21)16-15(9-13)23-17(22)12(3)18-16;1-11(2)10-18-3-5-19(6-4-18)12-7-13(20)16-14(8-12)22-15(21)9-17-16;1-10-11(2)20-14-9-12(8-13(19)15(14)16-10)18-6-4-17(3)5-7-18/h4-8,13-14,16H,9-12,15H2,1-3H3;3-7,12-13,15,25H,8-11,14H2,1-2H3;8-9,11,21H,4-7,10H2,1-3H3;7-9,11,20H,3-6,10H2,1-2H3;8-9,11,19H,4-7H2,1-3H3. The number of aromatic nitrogens is 2. The van der Waals surface area contributed by atoms with E-state index in [0.717, 1.165) is 201 Å². The number of nitrogens with zero attached hydrogens (tertiary/aromatic N) is 15. The van der Waals surface area contributed by atoms with Crippen LogP contribution in [-0.4, -0.2) is 263 Å². The number of aromatic hydroxyl groups is 4. The first-order valence-corrected chi connectivity index (χ1v) is 41.8. The van der Waals surface area contributed by atoms with Crippen molar-refractivity contribution in [1.29, 1.82) is 0 Å². The van der Waals surface area contributed by atoms with Gasteiger partial charge in [0.2, 0.25) is 11.8 Å². The summed E-state index contributed by atoms with van der Waals surface area (Å²) in [6.07, 6.45) is 0.489. The molecule has 29 nitrogen and oxygen atoms in total. The SMILES string of the molecule is CC(C)CN1CCN(c2cc(O)c3ncc(=O)oc3c2)CC1.CC1=Nc2c(O)cc(N3CCN(C)CC3)cc2OC1C.CC1Oc2cc(N3CCN(C)CC3)cc(O)c2N=C1OCc1ccccc1.COc1cc(N2CCN(C)CC2)cc2c1N=C(OCc1ccccc1)C(C)O2.Cc1nc2c(O)cc(N3CCN(CC(C)C)CC3)cc2oc1=O. The molecule has 9 aromatic rings. The van der Waals surface area contributed by atoms with Crippen molar-refractivity contribution in [2.45, 2.75) is 93.8 Å². The van der Waals surface area contributed by atoms with Gasteiger partial charge in [0.25, 0.3) is 0 Å². The zero-order chi connectivity index (χ0) is 84.8. The second kappa shape index (κ2) is 39.7. The summed E-state index contributed by atoms with van der Waals surface area (Å²) in [5.41, 5.74) is 10.2. The zero-order valence-corrected chi connectivity index (χ0v) is 71.6. The van der Waals surface area contributed by atoms with E-state index in [2.05, 4.69) is 124 Å². The maximum atomic E-state index is 11.6. The molecule has 3 atom stereocenters. The molecular formula is C91H117N15O14. The molecule has 8 aliphatic heterocycles. The number of fused-ring (bicyclic) bond motifs is 5. The highest BCUT2D eigenvalue weighted by atomic mass is 16.6. The molecule has 7 aromatic carbocycles. The van der Waals surface area contributed by atoms with Gasteiger partial charge in [-0.15, -0.1) is 0 Å². The number of methoxy groups -OCH3 is 1. The van der Waals surface area contributed by atoms with Crippen molar-refractivity contribution in [2.24, 2.45) is 26.8 Å². The summed E-state index contributed by atoms with van der Waals surface area (Å²) in [5.74, 6) is 5.52. The minimum atomic E-state index is -0.509. The summed E-state index contributed by atoms with van der Waals surface area (Å²) in [6, 6.07) is 38.6. The molecule has 10 heterocycles. The van der Waals surface area contributed by atoms with Gasteiger partial charge in [-0.05, 0) is 78.7 Å². The summed E-state index contributed by atoms with van der Waals surface area (Å²) in [6.45, 7) is 40.8. The normalized spacial score (nSPS) is 19.0. The number of hydrogen-bond acceptors (Lipinski definition) is 29. The molecular weight excluding hydrogens is 1530 g/mol. The number of rotatable bonds is 14. The van der Waals surface area contributed by atoms with E-state index in [1.54, 1.807) is 50.4 Å². The minimum absolute atomic E-state index is 0.0374. The van der Waals surface area contributed by atoms with Crippen LogP contribution >= 0.6 is 0 Å². The molecule has 5 fully saturated rings. The average Bonchev–Trinajstić information content (AvgIpc) is 0.771. The molecule has 0 radical (unpaired) electrons. The Labute approximate surface area is 702 Å². The Bertz CT molecular complexity index is 5180. The van der Waals surface area contributed by atoms with Crippen LogP contribution in [0.4, 0.5) is 45.5 Å². The molecule has 0 aliphatic carbocycles. The van der Waals surface area contributed by atoms with Crippen molar-refractivity contribution < 1.29 is 57.7 Å². The smallest absolute Gasteiger partial charge is 0.357 e. The molecule has 0 spiro atoms. The van der Waals surface area contributed by atoms with Crippen molar-refractivity contribution in [3.63, 3.8) is 0 Å². The number of ether oxygens (including phenoxy) is 6. The maximum Gasteiger partial charge on any atom is 0.357 e. The van der Waals surface area contributed by atoms with Gasteiger partial charge < -0.3 is 96.9 Å². The molecule has 8 aliphatic rings. The zero-order valence-electron chi connectivity index (χ0n) is 71.6. The fourth-order valence-corrected chi connectivity index (χ4v) is 15.4. The van der Waals surface area contributed by atoms with Gasteiger partial charge >= 0.3 is 11.3 Å². The Morgan fingerprint density at radius 1 is 0.433 bits per heavy atom. The lowest BCUT2D eigenvalue weighted by atomic mass is 10.1. The van der Waals surface area contributed by atoms with E-state index in [1.807, 2.05) is 107 Å². The third-order valence-electron chi connectivity index (χ3n) is 22.4. The van der Waals surface area contributed by atoms with E-state index >= 15 is 0 Å². The molecule has 5 saturated heterocycles. The highest BCUT2D eigenvalue weighted by molar-refractivity contribution is 5.93. The molecule has 0 bridgehead atoms. The topological polar surface area (TPSA) is 292 Å². The van der Waals surface area contributed by atoms with Crippen LogP contribution in [0.2, 0.25) is 0 Å². The van der Waals surface area contributed by atoms with Crippen LogP contribution in [0, 0.1) is 18.8 Å². The number of phenolic OH excluding ortho intramolecular Hbond substituents is 4. The summed E-state index contributed by atoms with van der Waals surface area (Å²) >= 11 is 0. The Morgan fingerprint density at radius 2 is 0.800 bits per heavy atom. The van der Waals surface area contributed by atoms with Crippen LogP contribution in [0.25, 0.3) is 22.2 Å². The van der Waals surface area contributed by atoms with Crippen LogP contribution in [0.15, 0.2) is 161 Å². The van der Waals surface area contributed by atoms with Gasteiger partial charge in [0.1, 0.15) is 70.9 Å². The van der Waals surface area contributed by atoms with Crippen molar-refractivity contribution in [1.82, 2.24) is 34.5 Å². The Kier molecular flexibility index (Phi) is 28.6. The molecule has 3 unspecified atom stereocenters. The Balaban J connectivity index is 0.000000130. The fourth-order valence-electron chi connectivity index (χ4n) is 15.4. The largest absolute Gasteiger partial charge is 0.505 e. The van der Waals surface area contributed by atoms with Gasteiger partial charge in [0, 0.05) is 233 Å². The van der Waals surface area contributed by atoms with Crippen LogP contribution in [0.3, 0.4) is 0 Å². The predicted octanol–water partition coefficient (Wildman–Crippen LogP) is 12.3. The fraction of sp³-hybridized carbons (Fsp3) is 0.462. The third-order valence-corrected chi connectivity index (χ3v) is 22.4. The second-order valence-corrected chi connectivity index (χ2v) is 32.7. The molecule has 29 heteroatoms. The third kappa shape index (κ3) is 22.2. The van der Waals surface area contributed by atoms with Crippen LogP contribution in [-0.2, 0) is 22.7 Å². The average molecular weight is 1650 g/mol. The second-order valence-electron chi connectivity index (χ2n) is 32.7. The molecule has 2 aromatic heterocycles. The monoisotopic (exact) mass is 1640 g/mol. The number of anilines is 5. The number of aliphatic imine (C=N–C) groups is 3. The summed E-state index contributed by atoms with van der Waals surface area (Å²) in [7, 11) is 8.07. The van der Waals surface area contributed by atoms with Crippen molar-refractivity contribution in [2.75, 3.05) is 197 Å². The molecule has 17 rings (SSSR count). The van der Waals surface area contributed by atoms with Gasteiger partial charge in [0.15, 0.2) is 57.7 Å². The Hall–Kier alpha value is -11.4. The highest BCUT2D eigenvalue weighted by Gasteiger charge is 2.32. The van der Waals surface area contributed by atoms with Crippen LogP contribution < -0.4 is 54.7 Å². The quantitative estimate of drug-likeness (QED) is 0.0786. The number of phenols is 4. The van der Waals surface area contributed by atoms with E-state index in [-0.39, 0.29) is 47.0 Å². The maximum absolute atomic E-state index is 11.6. The van der Waals surface area contributed by atoms with Gasteiger partial charge in [-0.2, -0.15) is 0 Å². The minimum Gasteiger partial charge on any atom is -0.505 e. The number of benzene rings is 7. The molecule has 640 valence electrons. The number of hydrogen-bond donors (Lipinski definition) is 4. The van der Waals surface area contributed by atoms with E-state index < -0.39 is 11.3 Å². The molecule has 120 heavy (non-hydrogen) atoms. The summed E-state index contributed by atoms with van der Waals surface area (Å²) in [5, 5.41) is 41.0.